The molecule has 40 valence electrons. The molecule has 1 nitrogen and oxygen atoms in total. The van der Waals surface area contributed by atoms with Crippen LogP contribution in [0.5, 0.6) is 0 Å². The van der Waals surface area contributed by atoms with Gasteiger partial charge in [0.1, 0.15) is 0 Å². The van der Waals surface area contributed by atoms with Crippen molar-refractivity contribution in [2.45, 2.75) is 0 Å². The molecule has 0 saturated carbocycles. The Labute approximate surface area is 48.5 Å². The predicted molar refractivity (Wildman–Crippen MR) is 36.0 cm³/mol. The first-order chi connectivity index (χ1) is 3.31. The molecule has 0 aromatic carbocycles. The predicted octanol–water partition coefficient (Wildman–Crippen LogP) is 1.55. The van der Waals surface area contributed by atoms with Crippen LogP contribution in [-0.4, -0.2) is 6.26 Å². The van der Waals surface area contributed by atoms with Gasteiger partial charge in [-0.2, -0.15) is 0 Å². The molecule has 0 rings (SSSR count). The van der Waals surface area contributed by atoms with Gasteiger partial charge in [0.2, 0.25) is 0 Å². The van der Waals surface area contributed by atoms with Gasteiger partial charge in [0, 0.05) is 0 Å². The third kappa shape index (κ3) is 3.46. The van der Waals surface area contributed by atoms with E-state index in [0.29, 0.717) is 0 Å². The summed E-state index contributed by atoms with van der Waals surface area (Å²) in [7, 11) is 0. The van der Waals surface area contributed by atoms with Crippen molar-refractivity contribution in [3.63, 3.8) is 0 Å². The van der Waals surface area contributed by atoms with Crippen LogP contribution in [0, 0.1) is 0 Å². The molecule has 0 atom stereocenters. The molecule has 0 aromatic heterocycles. The van der Waals surface area contributed by atoms with Crippen LogP contribution in [-0.2, 0) is 0 Å². The minimum Gasteiger partial charge on any atom is -0.358 e. The maximum absolute atomic E-state index is 3.64. The fourth-order valence-electron chi connectivity index (χ4n) is 0.173. The van der Waals surface area contributed by atoms with Gasteiger partial charge in [0.25, 0.3) is 0 Å². The lowest BCUT2D eigenvalue weighted by Crippen LogP contribution is -1.96. The van der Waals surface area contributed by atoms with Crippen LogP contribution in [0.15, 0.2) is 24.4 Å². The van der Waals surface area contributed by atoms with Gasteiger partial charge in [0.05, 0.1) is 5.03 Å². The van der Waals surface area contributed by atoms with Gasteiger partial charge >= 0.3 is 0 Å². The summed E-state index contributed by atoms with van der Waals surface area (Å²) in [5.74, 6) is 0. The Kier molecular flexibility index (Phi) is 3.61. The van der Waals surface area contributed by atoms with Gasteiger partial charge in [-0.05, 0) is 12.5 Å². The summed E-state index contributed by atoms with van der Waals surface area (Å²) in [6, 6.07) is 0. The van der Waals surface area contributed by atoms with E-state index in [9.17, 15) is 0 Å². The van der Waals surface area contributed by atoms with Gasteiger partial charge in [-0.3, -0.25) is 0 Å². The van der Waals surface area contributed by atoms with Gasteiger partial charge in [0.15, 0.2) is 0 Å². The van der Waals surface area contributed by atoms with Crippen LogP contribution in [0.2, 0.25) is 0 Å². The number of rotatable bonds is 3. The molecule has 0 aliphatic carbocycles. The quantitative estimate of drug-likeness (QED) is 0.599. The lowest BCUT2D eigenvalue weighted by atomic mass is 10.9. The molecule has 0 spiro atoms. The second-order valence-electron chi connectivity index (χ2n) is 0.976. The first-order valence-corrected chi connectivity index (χ1v) is 3.14. The molecule has 2 heteroatoms. The van der Waals surface area contributed by atoms with Gasteiger partial charge in [-0.15, -0.1) is 11.8 Å². The van der Waals surface area contributed by atoms with Crippen molar-refractivity contribution in [1.82, 2.24) is 5.32 Å². The van der Waals surface area contributed by atoms with E-state index in [1.165, 1.54) is 0 Å². The zero-order chi connectivity index (χ0) is 5.70. The Morgan fingerprint density at radius 3 is 2.57 bits per heavy atom. The Bertz CT molecular complexity index is 78.1. The normalized spacial score (nSPS) is 7.57. The Morgan fingerprint density at radius 2 is 2.43 bits per heavy atom. The van der Waals surface area contributed by atoms with E-state index in [1.807, 2.05) is 6.26 Å². The molecule has 0 radical (unpaired) electrons. The van der Waals surface area contributed by atoms with Crippen molar-refractivity contribution < 1.29 is 0 Å². The molecule has 0 aliphatic rings. The van der Waals surface area contributed by atoms with Crippen LogP contribution in [0.3, 0.4) is 0 Å². The number of hydrogen-bond acceptors (Lipinski definition) is 2. The monoisotopic (exact) mass is 115 g/mol. The fraction of sp³-hybridized carbons (Fsp3) is 0.200. The second kappa shape index (κ2) is 3.81. The standard InChI is InChI=1S/C5H9NS/c1-4-6-5(2)7-3/h4,6H,1-2H2,3H3. The van der Waals surface area contributed by atoms with Crippen LogP contribution in [0.25, 0.3) is 0 Å². The summed E-state index contributed by atoms with van der Waals surface area (Å²) < 4.78 is 0. The topological polar surface area (TPSA) is 12.0 Å². The Balaban J connectivity index is 3.17. The molecule has 0 aliphatic heterocycles. The summed E-state index contributed by atoms with van der Waals surface area (Å²) in [5, 5.41) is 3.75. The van der Waals surface area contributed by atoms with E-state index in [1.54, 1.807) is 18.0 Å². The number of thioether (sulfide) groups is 1. The fourth-order valence-corrected chi connectivity index (χ4v) is 0.374. The van der Waals surface area contributed by atoms with E-state index in [-0.39, 0.29) is 0 Å². The maximum atomic E-state index is 3.64. The molecule has 1 N–H and O–H groups in total. The molecule has 0 saturated heterocycles. The third-order valence-corrected chi connectivity index (χ3v) is 1.12. The average Bonchev–Trinajstić information content (AvgIpc) is 1.68. The number of hydrogen-bond donors (Lipinski definition) is 1. The van der Waals surface area contributed by atoms with Crippen LogP contribution < -0.4 is 5.32 Å². The second-order valence-corrected chi connectivity index (χ2v) is 1.88. The SMILES string of the molecule is C=CNC(=C)SC. The van der Waals surface area contributed by atoms with Crippen LogP contribution in [0.1, 0.15) is 0 Å². The van der Waals surface area contributed by atoms with E-state index in [0.717, 1.165) is 5.03 Å². The summed E-state index contributed by atoms with van der Waals surface area (Å²) in [5.41, 5.74) is 0. The lowest BCUT2D eigenvalue weighted by Gasteiger charge is -1.95. The van der Waals surface area contributed by atoms with E-state index in [4.69, 9.17) is 0 Å². The molecule has 7 heavy (non-hydrogen) atoms. The highest BCUT2D eigenvalue weighted by Crippen LogP contribution is 2.01. The first kappa shape index (κ1) is 6.63. The summed E-state index contributed by atoms with van der Waals surface area (Å²) in [4.78, 5) is 0. The zero-order valence-electron chi connectivity index (χ0n) is 4.40. The highest BCUT2D eigenvalue weighted by Gasteiger charge is 1.78. The molecule has 0 bridgehead atoms. The molecule has 0 heterocycles. The minimum atomic E-state index is 0.926. The van der Waals surface area contributed by atoms with E-state index < -0.39 is 0 Å². The zero-order valence-corrected chi connectivity index (χ0v) is 5.22. The summed E-state index contributed by atoms with van der Waals surface area (Å²) in [6.07, 6.45) is 3.57. The molecule has 0 amide bonds. The summed E-state index contributed by atoms with van der Waals surface area (Å²) in [6.45, 7) is 7.11. The molecule has 0 fully saturated rings. The molecule has 0 unspecified atom stereocenters. The van der Waals surface area contributed by atoms with Crippen molar-refractivity contribution in [2.75, 3.05) is 6.26 Å². The van der Waals surface area contributed by atoms with Crippen molar-refractivity contribution in [1.29, 1.82) is 0 Å². The van der Waals surface area contributed by atoms with Crippen molar-refractivity contribution in [3.8, 4) is 0 Å². The van der Waals surface area contributed by atoms with E-state index >= 15 is 0 Å². The van der Waals surface area contributed by atoms with Gasteiger partial charge < -0.3 is 5.32 Å². The lowest BCUT2D eigenvalue weighted by molar-refractivity contribution is 1.19. The Morgan fingerprint density at radius 1 is 1.86 bits per heavy atom. The van der Waals surface area contributed by atoms with Gasteiger partial charge in [-0.25, -0.2) is 0 Å². The average molecular weight is 115 g/mol. The van der Waals surface area contributed by atoms with Crippen LogP contribution in [0.4, 0.5) is 0 Å². The van der Waals surface area contributed by atoms with Crippen LogP contribution >= 0.6 is 11.8 Å². The van der Waals surface area contributed by atoms with Crippen molar-refractivity contribution >= 4 is 11.8 Å². The molecular formula is C5H9NS. The third-order valence-electron chi connectivity index (χ3n) is 0.509. The highest BCUT2D eigenvalue weighted by molar-refractivity contribution is 8.02. The first-order valence-electron chi connectivity index (χ1n) is 1.91. The summed E-state index contributed by atoms with van der Waals surface area (Å²) >= 11 is 1.57. The Hall–Kier alpha value is -0.370. The smallest absolute Gasteiger partial charge is 0.0644 e. The largest absolute Gasteiger partial charge is 0.358 e. The molecular weight excluding hydrogens is 106 g/mol. The van der Waals surface area contributed by atoms with E-state index in [2.05, 4.69) is 18.5 Å². The minimum absolute atomic E-state index is 0.926. The van der Waals surface area contributed by atoms with Crippen molar-refractivity contribution in [3.05, 3.63) is 24.4 Å². The van der Waals surface area contributed by atoms with Gasteiger partial charge in [-0.1, -0.05) is 13.2 Å². The number of nitrogens with one attached hydrogen (secondary N) is 1. The maximum Gasteiger partial charge on any atom is 0.0644 e. The highest BCUT2D eigenvalue weighted by atomic mass is 32.2. The van der Waals surface area contributed by atoms with Crippen molar-refractivity contribution in [2.24, 2.45) is 0 Å². The molecule has 0 aromatic rings.